The molecule has 0 spiro atoms. The van der Waals surface area contributed by atoms with Crippen molar-refractivity contribution in [2.45, 2.75) is 20.4 Å². The molecule has 0 saturated heterocycles. The Kier molecular flexibility index (Phi) is 5.10. The first-order valence-electron chi connectivity index (χ1n) is 9.68. The van der Waals surface area contributed by atoms with E-state index in [1.807, 2.05) is 67.1 Å². The van der Waals surface area contributed by atoms with Crippen molar-refractivity contribution in [1.29, 1.82) is 0 Å². The van der Waals surface area contributed by atoms with Gasteiger partial charge in [-0.25, -0.2) is 9.67 Å². The second kappa shape index (κ2) is 7.87. The van der Waals surface area contributed by atoms with Crippen molar-refractivity contribution in [3.05, 3.63) is 100.0 Å². The lowest BCUT2D eigenvalue weighted by molar-refractivity contribution is 0.102. The van der Waals surface area contributed by atoms with Crippen LogP contribution in [0.15, 0.2) is 71.8 Å². The van der Waals surface area contributed by atoms with E-state index in [9.17, 15) is 9.59 Å². The number of hydrogen-bond donors (Lipinski definition) is 1. The summed E-state index contributed by atoms with van der Waals surface area (Å²) < 4.78 is 5.32. The fourth-order valence-corrected chi connectivity index (χ4v) is 3.43. The molecule has 0 atom stereocenters. The number of rotatable bonds is 5. The van der Waals surface area contributed by atoms with Crippen molar-refractivity contribution in [2.24, 2.45) is 7.05 Å². The topological polar surface area (TPSA) is 73.8 Å². The lowest BCUT2D eigenvalue weighted by Gasteiger charge is -2.07. The van der Waals surface area contributed by atoms with Crippen LogP contribution in [0.25, 0.3) is 5.69 Å². The number of hydrogen-bond acceptors (Lipinski definition) is 3. The third-order valence-corrected chi connectivity index (χ3v) is 5.29. The van der Waals surface area contributed by atoms with Gasteiger partial charge in [-0.05, 0) is 43.7 Å². The van der Waals surface area contributed by atoms with Gasteiger partial charge < -0.3 is 9.88 Å². The molecule has 0 aliphatic heterocycles. The van der Waals surface area contributed by atoms with E-state index in [0.717, 1.165) is 17.1 Å². The van der Waals surface area contributed by atoms with Crippen molar-refractivity contribution in [1.82, 2.24) is 18.9 Å². The van der Waals surface area contributed by atoms with Crippen LogP contribution in [0, 0.1) is 13.8 Å². The van der Waals surface area contributed by atoms with E-state index < -0.39 is 0 Å². The Labute approximate surface area is 174 Å². The fraction of sp³-hybridized carbons (Fsp3) is 0.174. The molecule has 7 heteroatoms. The molecule has 2 heterocycles. The lowest BCUT2D eigenvalue weighted by atomic mass is 10.1. The molecule has 1 amide bonds. The van der Waals surface area contributed by atoms with Crippen LogP contribution in [0.4, 0.5) is 5.69 Å². The number of carbonyl (C=O) groups is 1. The molecule has 7 nitrogen and oxygen atoms in total. The molecule has 0 saturated carbocycles. The highest BCUT2D eigenvalue weighted by Gasteiger charge is 2.18. The zero-order valence-corrected chi connectivity index (χ0v) is 17.2. The van der Waals surface area contributed by atoms with Crippen LogP contribution in [0.3, 0.4) is 0 Å². The Balaban J connectivity index is 1.56. The highest BCUT2D eigenvalue weighted by Crippen LogP contribution is 2.16. The van der Waals surface area contributed by atoms with Gasteiger partial charge in [0, 0.05) is 31.5 Å². The number of anilines is 1. The monoisotopic (exact) mass is 401 g/mol. The van der Waals surface area contributed by atoms with Gasteiger partial charge in [0.15, 0.2) is 0 Å². The Morgan fingerprint density at radius 2 is 1.73 bits per heavy atom. The number of aryl methyl sites for hydroxylation is 1. The van der Waals surface area contributed by atoms with Crippen molar-refractivity contribution in [3.8, 4) is 5.69 Å². The number of imidazole rings is 1. The van der Waals surface area contributed by atoms with Crippen LogP contribution in [0.5, 0.6) is 0 Å². The van der Waals surface area contributed by atoms with E-state index in [4.69, 9.17) is 0 Å². The summed E-state index contributed by atoms with van der Waals surface area (Å²) in [6.45, 7) is 4.45. The second-order valence-corrected chi connectivity index (χ2v) is 7.19. The molecular formula is C23H23N5O2. The number of nitrogens with one attached hydrogen (secondary N) is 1. The Morgan fingerprint density at radius 1 is 1.03 bits per heavy atom. The molecule has 0 aliphatic rings. The minimum Gasteiger partial charge on any atom is -0.331 e. The standard InChI is InChI=1S/C23H23N5O2/c1-16-21(23(30)28(26(16)3)20-7-5-4-6-8-20)25-22(29)19-11-9-18(10-12-19)15-27-14-13-24-17(27)2/h4-14H,15H2,1-3H3,(H,25,29). The minimum absolute atomic E-state index is 0.262. The number of amides is 1. The van der Waals surface area contributed by atoms with Crippen molar-refractivity contribution >= 4 is 11.6 Å². The van der Waals surface area contributed by atoms with Gasteiger partial charge in [-0.1, -0.05) is 30.3 Å². The molecule has 152 valence electrons. The first-order chi connectivity index (χ1) is 14.5. The first-order valence-corrected chi connectivity index (χ1v) is 9.68. The summed E-state index contributed by atoms with van der Waals surface area (Å²) in [5.41, 5.74) is 3.01. The van der Waals surface area contributed by atoms with Crippen molar-refractivity contribution in [3.63, 3.8) is 0 Å². The summed E-state index contributed by atoms with van der Waals surface area (Å²) in [7, 11) is 1.80. The van der Waals surface area contributed by atoms with E-state index in [2.05, 4.69) is 10.3 Å². The zero-order chi connectivity index (χ0) is 21.3. The highest BCUT2D eigenvalue weighted by atomic mass is 16.2. The number of carbonyl (C=O) groups excluding carboxylic acids is 1. The maximum atomic E-state index is 13.0. The van der Waals surface area contributed by atoms with Crippen molar-refractivity contribution < 1.29 is 4.79 Å². The van der Waals surface area contributed by atoms with E-state index >= 15 is 0 Å². The summed E-state index contributed by atoms with van der Waals surface area (Å²) in [4.78, 5) is 30.0. The molecule has 4 aromatic rings. The maximum absolute atomic E-state index is 13.0. The quantitative estimate of drug-likeness (QED) is 0.558. The number of benzene rings is 2. The largest absolute Gasteiger partial charge is 0.331 e. The lowest BCUT2D eigenvalue weighted by Crippen LogP contribution is -2.23. The van der Waals surface area contributed by atoms with Crippen LogP contribution >= 0.6 is 0 Å². The molecule has 0 aliphatic carbocycles. The third-order valence-electron chi connectivity index (χ3n) is 5.29. The molecule has 0 bridgehead atoms. The molecule has 0 unspecified atom stereocenters. The normalized spacial score (nSPS) is 10.9. The van der Waals surface area contributed by atoms with E-state index in [1.165, 1.54) is 0 Å². The Hall–Kier alpha value is -3.87. The average molecular weight is 401 g/mol. The molecule has 0 fully saturated rings. The molecule has 2 aromatic carbocycles. The molecule has 2 aromatic heterocycles. The molecule has 30 heavy (non-hydrogen) atoms. The van der Waals surface area contributed by atoms with Gasteiger partial charge in [-0.2, -0.15) is 0 Å². The van der Waals surface area contributed by atoms with Crippen LogP contribution < -0.4 is 10.9 Å². The van der Waals surface area contributed by atoms with Gasteiger partial charge in [0.25, 0.3) is 11.5 Å². The number of para-hydroxylation sites is 1. The third kappa shape index (κ3) is 3.57. The van der Waals surface area contributed by atoms with Crippen molar-refractivity contribution in [2.75, 3.05) is 5.32 Å². The smallest absolute Gasteiger partial charge is 0.295 e. The summed E-state index contributed by atoms with van der Waals surface area (Å²) >= 11 is 0. The molecule has 4 rings (SSSR count). The van der Waals surface area contributed by atoms with Crippen LogP contribution in [0.1, 0.15) is 27.4 Å². The Bertz CT molecular complexity index is 1250. The summed E-state index contributed by atoms with van der Waals surface area (Å²) in [6, 6.07) is 16.7. The van der Waals surface area contributed by atoms with Gasteiger partial charge in [0.1, 0.15) is 11.5 Å². The SMILES string of the molecule is Cc1nccn1Cc1ccc(C(=O)Nc2c(C)n(C)n(-c3ccccc3)c2=O)cc1. The van der Waals surface area contributed by atoms with Crippen LogP contribution in [0.2, 0.25) is 0 Å². The highest BCUT2D eigenvalue weighted by molar-refractivity contribution is 6.04. The molecule has 0 radical (unpaired) electrons. The minimum atomic E-state index is -0.314. The van der Waals surface area contributed by atoms with Gasteiger partial charge in [-0.3, -0.25) is 14.3 Å². The zero-order valence-electron chi connectivity index (χ0n) is 17.2. The van der Waals surface area contributed by atoms with Crippen LogP contribution in [-0.2, 0) is 13.6 Å². The van der Waals surface area contributed by atoms with Gasteiger partial charge in [-0.15, -0.1) is 0 Å². The first kappa shape index (κ1) is 19.4. The van der Waals surface area contributed by atoms with Gasteiger partial charge >= 0.3 is 0 Å². The predicted molar refractivity (Wildman–Crippen MR) is 116 cm³/mol. The van der Waals surface area contributed by atoms with E-state index in [-0.39, 0.29) is 17.2 Å². The molecule has 1 N–H and O–H groups in total. The average Bonchev–Trinajstić information content (AvgIpc) is 3.25. The number of nitrogens with zero attached hydrogens (tertiary/aromatic N) is 4. The summed E-state index contributed by atoms with van der Waals surface area (Å²) in [6.07, 6.45) is 3.69. The fourth-order valence-electron chi connectivity index (χ4n) is 3.43. The van der Waals surface area contributed by atoms with Crippen LogP contribution in [-0.4, -0.2) is 24.8 Å². The Morgan fingerprint density at radius 3 is 2.37 bits per heavy atom. The van der Waals surface area contributed by atoms with Gasteiger partial charge in [0.2, 0.25) is 0 Å². The van der Waals surface area contributed by atoms with E-state index in [1.54, 1.807) is 34.7 Å². The van der Waals surface area contributed by atoms with E-state index in [0.29, 0.717) is 17.8 Å². The maximum Gasteiger partial charge on any atom is 0.295 e. The summed E-state index contributed by atoms with van der Waals surface area (Å²) in [5.74, 6) is 0.623. The summed E-state index contributed by atoms with van der Waals surface area (Å²) in [5, 5.41) is 2.79. The second-order valence-electron chi connectivity index (χ2n) is 7.19. The van der Waals surface area contributed by atoms with Gasteiger partial charge in [0.05, 0.1) is 11.4 Å². The number of aromatic nitrogens is 4. The predicted octanol–water partition coefficient (Wildman–Crippen LogP) is 3.29. The molecular weight excluding hydrogens is 378 g/mol.